The molecule has 6 heteroatoms. The van der Waals surface area contributed by atoms with E-state index in [9.17, 15) is 0 Å². The van der Waals surface area contributed by atoms with Crippen molar-refractivity contribution in [2.75, 3.05) is 18.5 Å². The molecule has 1 fully saturated rings. The smallest absolute Gasteiger partial charge is 0.224 e. The van der Waals surface area contributed by atoms with Gasteiger partial charge in [0.1, 0.15) is 5.82 Å². The molecule has 1 saturated heterocycles. The normalized spacial score (nSPS) is 24.1. The van der Waals surface area contributed by atoms with E-state index < -0.39 is 0 Å². The van der Waals surface area contributed by atoms with Crippen LogP contribution in [0, 0.1) is 24.2 Å². The zero-order valence-corrected chi connectivity index (χ0v) is 9.53. The first-order valence-electron chi connectivity index (χ1n) is 4.93. The van der Waals surface area contributed by atoms with E-state index in [2.05, 4.69) is 21.4 Å². The Bertz CT molecular complexity index is 431. The lowest BCUT2D eigenvalue weighted by atomic mass is 10.1. The van der Waals surface area contributed by atoms with Crippen molar-refractivity contribution >= 4 is 17.4 Å². The molecule has 0 amide bonds. The van der Waals surface area contributed by atoms with Crippen LogP contribution in [0.5, 0.6) is 0 Å². The Balaban J connectivity index is 2.14. The minimum atomic E-state index is -0.145. The van der Waals surface area contributed by atoms with Crippen LogP contribution < -0.4 is 5.32 Å². The number of aryl methyl sites for hydroxylation is 1. The fourth-order valence-electron chi connectivity index (χ4n) is 1.57. The number of halogens is 1. The van der Waals surface area contributed by atoms with E-state index in [-0.39, 0.29) is 17.2 Å². The van der Waals surface area contributed by atoms with Gasteiger partial charge in [-0.1, -0.05) is 0 Å². The van der Waals surface area contributed by atoms with Crippen LogP contribution >= 0.6 is 11.6 Å². The van der Waals surface area contributed by atoms with Gasteiger partial charge in [0.05, 0.1) is 31.2 Å². The number of hydrogen-bond acceptors (Lipinski definition) is 5. The van der Waals surface area contributed by atoms with Crippen molar-refractivity contribution in [3.63, 3.8) is 0 Å². The molecule has 2 heterocycles. The van der Waals surface area contributed by atoms with Crippen molar-refractivity contribution in [2.24, 2.45) is 5.92 Å². The standard InChI is InChI=1S/C10H11ClN4O/c1-6-3-13-10(11)15-9(6)14-8-5-16-4-7(8)2-12/h3,7-8H,4-5H2,1H3,(H,13,14,15)/t7-,8-/m1/s1. The average Bonchev–Trinajstić information content (AvgIpc) is 2.71. The second-order valence-electron chi connectivity index (χ2n) is 3.69. The summed E-state index contributed by atoms with van der Waals surface area (Å²) >= 11 is 5.71. The summed E-state index contributed by atoms with van der Waals surface area (Å²) in [5.41, 5.74) is 0.896. The molecule has 0 saturated carbocycles. The van der Waals surface area contributed by atoms with Crippen LogP contribution in [-0.2, 0) is 4.74 Å². The minimum Gasteiger partial charge on any atom is -0.378 e. The monoisotopic (exact) mass is 238 g/mol. The summed E-state index contributed by atoms with van der Waals surface area (Å²) < 4.78 is 5.24. The quantitative estimate of drug-likeness (QED) is 0.789. The zero-order chi connectivity index (χ0) is 11.5. The number of nitrogens with zero attached hydrogens (tertiary/aromatic N) is 3. The Morgan fingerprint density at radius 3 is 3.19 bits per heavy atom. The predicted octanol–water partition coefficient (Wildman–Crippen LogP) is 1.39. The van der Waals surface area contributed by atoms with Crippen LogP contribution in [-0.4, -0.2) is 29.2 Å². The molecule has 1 aliphatic rings. The van der Waals surface area contributed by atoms with Gasteiger partial charge < -0.3 is 10.1 Å². The van der Waals surface area contributed by atoms with Crippen LogP contribution in [0.15, 0.2) is 6.20 Å². The van der Waals surface area contributed by atoms with E-state index >= 15 is 0 Å². The van der Waals surface area contributed by atoms with Gasteiger partial charge in [-0.2, -0.15) is 5.26 Å². The third-order valence-electron chi connectivity index (χ3n) is 2.51. The topological polar surface area (TPSA) is 70.8 Å². The molecule has 0 unspecified atom stereocenters. The first kappa shape index (κ1) is 11.1. The summed E-state index contributed by atoms with van der Waals surface area (Å²) in [6.07, 6.45) is 1.65. The number of anilines is 1. The van der Waals surface area contributed by atoms with Gasteiger partial charge in [0, 0.05) is 11.8 Å². The summed E-state index contributed by atoms with van der Waals surface area (Å²) in [6.45, 7) is 2.86. The van der Waals surface area contributed by atoms with Gasteiger partial charge in [0.25, 0.3) is 0 Å². The van der Waals surface area contributed by atoms with Gasteiger partial charge in [-0.05, 0) is 18.5 Å². The average molecular weight is 239 g/mol. The molecule has 1 aliphatic heterocycles. The van der Waals surface area contributed by atoms with E-state index in [1.807, 2.05) is 6.92 Å². The van der Waals surface area contributed by atoms with E-state index in [4.69, 9.17) is 21.6 Å². The van der Waals surface area contributed by atoms with Crippen molar-refractivity contribution in [3.8, 4) is 6.07 Å². The SMILES string of the molecule is Cc1cnc(Cl)nc1N[C@@H]1COC[C@H]1C#N. The van der Waals surface area contributed by atoms with E-state index in [0.717, 1.165) is 5.56 Å². The first-order valence-corrected chi connectivity index (χ1v) is 5.31. The van der Waals surface area contributed by atoms with E-state index in [1.54, 1.807) is 6.20 Å². The van der Waals surface area contributed by atoms with Crippen LogP contribution in [0.2, 0.25) is 5.28 Å². The number of hydrogen-bond donors (Lipinski definition) is 1. The fourth-order valence-corrected chi connectivity index (χ4v) is 1.70. The Kier molecular flexibility index (Phi) is 3.22. The molecule has 16 heavy (non-hydrogen) atoms. The maximum atomic E-state index is 8.91. The molecule has 0 spiro atoms. The number of aromatic nitrogens is 2. The van der Waals surface area contributed by atoms with E-state index in [1.165, 1.54) is 0 Å². The molecule has 5 nitrogen and oxygen atoms in total. The summed E-state index contributed by atoms with van der Waals surface area (Å²) in [6, 6.07) is 2.17. The highest BCUT2D eigenvalue weighted by Gasteiger charge is 2.28. The highest BCUT2D eigenvalue weighted by Crippen LogP contribution is 2.20. The number of ether oxygens (including phenoxy) is 1. The molecule has 0 bridgehead atoms. The maximum absolute atomic E-state index is 8.91. The molecular weight excluding hydrogens is 228 g/mol. The lowest BCUT2D eigenvalue weighted by Crippen LogP contribution is -2.27. The molecular formula is C10H11ClN4O. The summed E-state index contributed by atoms with van der Waals surface area (Å²) in [7, 11) is 0. The third-order valence-corrected chi connectivity index (χ3v) is 2.69. The van der Waals surface area contributed by atoms with Crippen LogP contribution in [0.1, 0.15) is 5.56 Å². The Morgan fingerprint density at radius 1 is 1.62 bits per heavy atom. The summed E-state index contributed by atoms with van der Waals surface area (Å²) in [4.78, 5) is 7.95. The number of nitriles is 1. The van der Waals surface area contributed by atoms with Gasteiger partial charge in [-0.3, -0.25) is 0 Å². The molecule has 1 N–H and O–H groups in total. The van der Waals surface area contributed by atoms with Crippen LogP contribution in [0.4, 0.5) is 5.82 Å². The highest BCUT2D eigenvalue weighted by atomic mass is 35.5. The summed E-state index contributed by atoms with van der Waals surface area (Å²) in [5, 5.41) is 12.3. The Morgan fingerprint density at radius 2 is 2.44 bits per heavy atom. The van der Waals surface area contributed by atoms with Crippen molar-refractivity contribution in [1.29, 1.82) is 5.26 Å². The lowest BCUT2D eigenvalue weighted by Gasteiger charge is -2.15. The zero-order valence-electron chi connectivity index (χ0n) is 8.77. The molecule has 2 atom stereocenters. The van der Waals surface area contributed by atoms with E-state index in [0.29, 0.717) is 19.0 Å². The van der Waals surface area contributed by atoms with Crippen molar-refractivity contribution in [3.05, 3.63) is 17.0 Å². The second kappa shape index (κ2) is 4.64. The van der Waals surface area contributed by atoms with Gasteiger partial charge in [-0.25, -0.2) is 9.97 Å². The Labute approximate surface area is 98.4 Å². The lowest BCUT2D eigenvalue weighted by molar-refractivity contribution is 0.190. The Hall–Kier alpha value is -1.38. The fraction of sp³-hybridized carbons (Fsp3) is 0.500. The third kappa shape index (κ3) is 2.23. The second-order valence-corrected chi connectivity index (χ2v) is 4.03. The number of rotatable bonds is 2. The highest BCUT2D eigenvalue weighted by molar-refractivity contribution is 6.28. The van der Waals surface area contributed by atoms with Crippen molar-refractivity contribution < 1.29 is 4.74 Å². The van der Waals surface area contributed by atoms with Gasteiger partial charge in [0.2, 0.25) is 5.28 Å². The largest absolute Gasteiger partial charge is 0.378 e. The minimum absolute atomic E-state index is 0.0327. The van der Waals surface area contributed by atoms with Crippen molar-refractivity contribution in [2.45, 2.75) is 13.0 Å². The summed E-state index contributed by atoms with van der Waals surface area (Å²) in [5.74, 6) is 0.517. The maximum Gasteiger partial charge on any atom is 0.224 e. The van der Waals surface area contributed by atoms with Crippen molar-refractivity contribution in [1.82, 2.24) is 9.97 Å². The molecule has 0 aromatic carbocycles. The van der Waals surface area contributed by atoms with Gasteiger partial charge >= 0.3 is 0 Å². The van der Waals surface area contributed by atoms with Crippen LogP contribution in [0.25, 0.3) is 0 Å². The molecule has 0 radical (unpaired) electrons. The molecule has 2 rings (SSSR count). The number of nitrogens with one attached hydrogen (secondary N) is 1. The molecule has 0 aliphatic carbocycles. The molecule has 1 aromatic heterocycles. The first-order chi connectivity index (χ1) is 7.70. The molecule has 84 valence electrons. The molecule has 1 aromatic rings. The van der Waals surface area contributed by atoms with Crippen LogP contribution in [0.3, 0.4) is 0 Å². The van der Waals surface area contributed by atoms with Gasteiger partial charge in [-0.15, -0.1) is 0 Å². The predicted molar refractivity (Wildman–Crippen MR) is 59.1 cm³/mol. The van der Waals surface area contributed by atoms with Gasteiger partial charge in [0.15, 0.2) is 0 Å².